The number of hydrogen-bond donors (Lipinski definition) is 1. The number of ether oxygens (including phenoxy) is 2. The molecular formula is C11H15N3O5. The fraction of sp³-hybridized carbons (Fsp3) is 0.455. The first-order valence-corrected chi connectivity index (χ1v) is 5.50. The number of methoxy groups -OCH3 is 2. The van der Waals surface area contributed by atoms with Crippen LogP contribution in [0.25, 0.3) is 0 Å². The van der Waals surface area contributed by atoms with Crippen LogP contribution in [0, 0.1) is 0 Å². The largest absolute Gasteiger partial charge is 0.468 e. The fourth-order valence-electron chi connectivity index (χ4n) is 1.22. The number of carbonyl (C=O) groups is 2. The van der Waals surface area contributed by atoms with Crippen LogP contribution in [0.3, 0.4) is 0 Å². The zero-order valence-electron chi connectivity index (χ0n) is 10.7. The van der Waals surface area contributed by atoms with Gasteiger partial charge < -0.3 is 14.8 Å². The zero-order valence-corrected chi connectivity index (χ0v) is 10.7. The predicted octanol–water partition coefficient (Wildman–Crippen LogP) is -1.21. The van der Waals surface area contributed by atoms with Gasteiger partial charge in [0.2, 0.25) is 0 Å². The molecule has 0 saturated heterocycles. The van der Waals surface area contributed by atoms with Crippen molar-refractivity contribution in [2.45, 2.75) is 6.54 Å². The molecule has 0 aliphatic carbocycles. The van der Waals surface area contributed by atoms with Crippen LogP contribution in [0.5, 0.6) is 0 Å². The van der Waals surface area contributed by atoms with E-state index >= 15 is 0 Å². The second-order valence-corrected chi connectivity index (χ2v) is 3.53. The topological polar surface area (TPSA) is 99.5 Å². The minimum absolute atomic E-state index is 0.0413. The Labute approximate surface area is 109 Å². The van der Waals surface area contributed by atoms with Crippen LogP contribution in [0.1, 0.15) is 10.5 Å². The summed E-state index contributed by atoms with van der Waals surface area (Å²) in [4.78, 5) is 34.0. The lowest BCUT2D eigenvalue weighted by Crippen LogP contribution is -2.33. The molecule has 0 aliphatic heterocycles. The summed E-state index contributed by atoms with van der Waals surface area (Å²) in [6.07, 6.45) is 0. The molecule has 0 fully saturated rings. The normalized spacial score (nSPS) is 10.0. The molecular weight excluding hydrogens is 254 g/mol. The van der Waals surface area contributed by atoms with E-state index in [9.17, 15) is 14.4 Å². The summed E-state index contributed by atoms with van der Waals surface area (Å²) in [5, 5.41) is 6.20. The second-order valence-electron chi connectivity index (χ2n) is 3.53. The maximum atomic E-state index is 11.7. The molecule has 8 heteroatoms. The third-order valence-electron chi connectivity index (χ3n) is 2.23. The number of aromatic nitrogens is 2. The molecule has 0 aromatic carbocycles. The lowest BCUT2D eigenvalue weighted by atomic mass is 10.3. The molecule has 1 rings (SSSR count). The monoisotopic (exact) mass is 269 g/mol. The maximum absolute atomic E-state index is 11.7. The highest BCUT2D eigenvalue weighted by molar-refractivity contribution is 5.93. The molecule has 0 bridgehead atoms. The van der Waals surface area contributed by atoms with Gasteiger partial charge in [-0.25, -0.2) is 4.68 Å². The van der Waals surface area contributed by atoms with Crippen molar-refractivity contribution in [1.82, 2.24) is 15.1 Å². The third-order valence-corrected chi connectivity index (χ3v) is 2.23. The lowest BCUT2D eigenvalue weighted by molar-refractivity contribution is -0.139. The standard InChI is InChI=1S/C11H15N3O5/c1-18-6-5-14-9(15)4-3-8(13-14)11(17)12-7-10(16)19-2/h3-4H,5-7H2,1-2H3,(H,12,17). The summed E-state index contributed by atoms with van der Waals surface area (Å²) < 4.78 is 10.3. The van der Waals surface area contributed by atoms with Gasteiger partial charge in [0, 0.05) is 13.2 Å². The van der Waals surface area contributed by atoms with Gasteiger partial charge in [-0.15, -0.1) is 0 Å². The van der Waals surface area contributed by atoms with Crippen molar-refractivity contribution in [2.24, 2.45) is 0 Å². The van der Waals surface area contributed by atoms with E-state index in [1.807, 2.05) is 0 Å². The van der Waals surface area contributed by atoms with E-state index < -0.39 is 11.9 Å². The average Bonchev–Trinajstić information content (AvgIpc) is 2.43. The van der Waals surface area contributed by atoms with E-state index in [1.54, 1.807) is 0 Å². The first-order chi connectivity index (χ1) is 9.08. The minimum atomic E-state index is -0.568. The Morgan fingerprint density at radius 3 is 2.74 bits per heavy atom. The number of amides is 1. The molecule has 0 spiro atoms. The first-order valence-electron chi connectivity index (χ1n) is 5.50. The highest BCUT2D eigenvalue weighted by Gasteiger charge is 2.11. The molecule has 0 atom stereocenters. The van der Waals surface area contributed by atoms with Gasteiger partial charge in [-0.2, -0.15) is 5.10 Å². The van der Waals surface area contributed by atoms with Crippen molar-refractivity contribution in [3.63, 3.8) is 0 Å². The van der Waals surface area contributed by atoms with Gasteiger partial charge in [0.1, 0.15) is 12.2 Å². The second kappa shape index (κ2) is 7.27. The summed E-state index contributed by atoms with van der Waals surface area (Å²) in [5.74, 6) is -1.13. The van der Waals surface area contributed by atoms with E-state index in [1.165, 1.54) is 26.4 Å². The van der Waals surface area contributed by atoms with E-state index in [4.69, 9.17) is 4.74 Å². The molecule has 0 aliphatic rings. The summed E-state index contributed by atoms with van der Waals surface area (Å²) in [6, 6.07) is 2.52. The molecule has 1 aromatic rings. The summed E-state index contributed by atoms with van der Waals surface area (Å²) in [7, 11) is 2.72. The van der Waals surface area contributed by atoms with Crippen molar-refractivity contribution in [3.8, 4) is 0 Å². The van der Waals surface area contributed by atoms with E-state index in [0.717, 1.165) is 4.68 Å². The van der Waals surface area contributed by atoms with Crippen molar-refractivity contribution in [2.75, 3.05) is 27.4 Å². The van der Waals surface area contributed by atoms with Gasteiger partial charge >= 0.3 is 5.97 Å². The summed E-state index contributed by atoms with van der Waals surface area (Å²) in [6.45, 7) is 0.293. The van der Waals surface area contributed by atoms with Gasteiger partial charge in [0.05, 0.1) is 20.3 Å². The van der Waals surface area contributed by atoms with Crippen molar-refractivity contribution in [1.29, 1.82) is 0 Å². The summed E-state index contributed by atoms with van der Waals surface area (Å²) in [5.41, 5.74) is -0.291. The van der Waals surface area contributed by atoms with Crippen molar-refractivity contribution < 1.29 is 19.1 Å². The van der Waals surface area contributed by atoms with Crippen LogP contribution in [0.15, 0.2) is 16.9 Å². The van der Waals surface area contributed by atoms with Crippen LogP contribution in [0.4, 0.5) is 0 Å². The molecule has 0 unspecified atom stereocenters. The number of nitrogens with one attached hydrogen (secondary N) is 1. The Morgan fingerprint density at radius 2 is 2.11 bits per heavy atom. The lowest BCUT2D eigenvalue weighted by Gasteiger charge is -2.06. The fourth-order valence-corrected chi connectivity index (χ4v) is 1.22. The average molecular weight is 269 g/mol. The number of esters is 1. The minimum Gasteiger partial charge on any atom is -0.468 e. The molecule has 1 heterocycles. The highest BCUT2D eigenvalue weighted by Crippen LogP contribution is 1.91. The van der Waals surface area contributed by atoms with Gasteiger partial charge in [-0.05, 0) is 6.07 Å². The van der Waals surface area contributed by atoms with E-state index in [-0.39, 0.29) is 24.3 Å². The third kappa shape index (κ3) is 4.51. The quantitative estimate of drug-likeness (QED) is 0.651. The molecule has 0 saturated carbocycles. The first kappa shape index (κ1) is 14.8. The SMILES string of the molecule is COCCn1nc(C(=O)NCC(=O)OC)ccc1=O. The summed E-state index contributed by atoms with van der Waals surface area (Å²) >= 11 is 0. The molecule has 104 valence electrons. The molecule has 19 heavy (non-hydrogen) atoms. The van der Waals surface area contributed by atoms with Crippen LogP contribution in [-0.2, 0) is 20.8 Å². The zero-order chi connectivity index (χ0) is 14.3. The molecule has 0 radical (unpaired) electrons. The Kier molecular flexibility index (Phi) is 5.68. The van der Waals surface area contributed by atoms with Crippen LogP contribution in [0.2, 0.25) is 0 Å². The van der Waals surface area contributed by atoms with Gasteiger partial charge in [-0.3, -0.25) is 14.4 Å². The smallest absolute Gasteiger partial charge is 0.325 e. The van der Waals surface area contributed by atoms with E-state index in [0.29, 0.717) is 6.61 Å². The number of hydrogen-bond acceptors (Lipinski definition) is 6. The number of carbonyl (C=O) groups excluding carboxylic acids is 2. The van der Waals surface area contributed by atoms with Crippen LogP contribution >= 0.6 is 0 Å². The number of rotatable bonds is 6. The molecule has 8 nitrogen and oxygen atoms in total. The van der Waals surface area contributed by atoms with Gasteiger partial charge in [0.25, 0.3) is 11.5 Å². The Bertz CT molecular complexity index is 511. The number of nitrogens with zero attached hydrogens (tertiary/aromatic N) is 2. The van der Waals surface area contributed by atoms with Crippen molar-refractivity contribution >= 4 is 11.9 Å². The Hall–Kier alpha value is -2.22. The van der Waals surface area contributed by atoms with Crippen molar-refractivity contribution in [3.05, 3.63) is 28.2 Å². The van der Waals surface area contributed by atoms with Gasteiger partial charge in [0.15, 0.2) is 0 Å². The maximum Gasteiger partial charge on any atom is 0.325 e. The molecule has 1 aromatic heterocycles. The highest BCUT2D eigenvalue weighted by atomic mass is 16.5. The Balaban J connectivity index is 2.74. The van der Waals surface area contributed by atoms with Crippen LogP contribution in [-0.4, -0.2) is 49.0 Å². The predicted molar refractivity (Wildman–Crippen MR) is 64.7 cm³/mol. The molecule has 1 N–H and O–H groups in total. The van der Waals surface area contributed by atoms with Crippen LogP contribution < -0.4 is 10.9 Å². The molecule has 1 amide bonds. The Morgan fingerprint density at radius 1 is 1.37 bits per heavy atom. The van der Waals surface area contributed by atoms with E-state index in [2.05, 4.69) is 15.2 Å². The van der Waals surface area contributed by atoms with Gasteiger partial charge in [-0.1, -0.05) is 0 Å².